The van der Waals surface area contributed by atoms with Gasteiger partial charge in [-0.3, -0.25) is 0 Å². The smallest absolute Gasteiger partial charge is 0.331 e. The summed E-state index contributed by atoms with van der Waals surface area (Å²) in [5, 5.41) is 10.3. The first kappa shape index (κ1) is 21.5. The summed E-state index contributed by atoms with van der Waals surface area (Å²) in [5.74, 6) is 0.130. The van der Waals surface area contributed by atoms with Crippen LogP contribution in [0.4, 0.5) is 0 Å². The van der Waals surface area contributed by atoms with Crippen LogP contribution >= 0.6 is 0 Å². The van der Waals surface area contributed by atoms with E-state index >= 15 is 0 Å². The lowest BCUT2D eigenvalue weighted by atomic mass is 10.0. The van der Waals surface area contributed by atoms with Crippen LogP contribution in [0, 0.1) is 13.8 Å². The average molecular weight is 409 g/mol. The summed E-state index contributed by atoms with van der Waals surface area (Å²) >= 11 is 0. The maximum atomic E-state index is 11.5. The third-order valence-electron chi connectivity index (χ3n) is 5.22. The number of aliphatic carboxylic acids is 1. The molecule has 0 amide bonds. The van der Waals surface area contributed by atoms with Crippen molar-refractivity contribution in [3.8, 4) is 22.8 Å². The monoisotopic (exact) mass is 409 g/mol. The summed E-state index contributed by atoms with van der Waals surface area (Å²) in [5.41, 5.74) is 6.15. The molecule has 0 atom stereocenters. The molecule has 0 spiro atoms. The minimum absolute atomic E-state index is 0.0724. The lowest BCUT2D eigenvalue weighted by molar-refractivity contribution is -0.132. The van der Waals surface area contributed by atoms with Crippen molar-refractivity contribution >= 4 is 22.9 Å². The van der Waals surface area contributed by atoms with E-state index in [9.17, 15) is 9.90 Å². The van der Waals surface area contributed by atoms with Crippen LogP contribution in [0.5, 0.6) is 11.5 Å². The number of hydrogen-bond donors (Lipinski definition) is 1. The molecule has 6 nitrogen and oxygen atoms in total. The Bertz CT molecular complexity index is 1120. The second-order valence-electron chi connectivity index (χ2n) is 7.30. The van der Waals surface area contributed by atoms with Crippen molar-refractivity contribution in [2.45, 2.75) is 20.8 Å². The summed E-state index contributed by atoms with van der Waals surface area (Å²) in [6.45, 7) is 5.74. The molecule has 0 fully saturated rings. The number of aryl methyl sites for hydroxylation is 3. The van der Waals surface area contributed by atoms with Crippen molar-refractivity contribution in [2.75, 3.05) is 21.0 Å². The Balaban J connectivity index is 2.43. The molecule has 1 aromatic heterocycles. The number of carboxylic acids is 1. The van der Waals surface area contributed by atoms with Crippen molar-refractivity contribution in [1.29, 1.82) is 0 Å². The molecule has 0 radical (unpaired) electrons. The summed E-state index contributed by atoms with van der Waals surface area (Å²) in [6.07, 6.45) is 1.66. The number of ether oxygens (including phenoxy) is 3. The third-order valence-corrected chi connectivity index (χ3v) is 5.22. The first-order valence-electron chi connectivity index (χ1n) is 9.60. The zero-order valence-electron chi connectivity index (χ0n) is 18.2. The quantitative estimate of drug-likeness (QED) is 0.442. The Morgan fingerprint density at radius 3 is 2.40 bits per heavy atom. The zero-order chi connectivity index (χ0) is 22.0. The third kappa shape index (κ3) is 3.78. The Kier molecular flexibility index (Phi) is 6.17. The number of fused-ring (bicyclic) bond motifs is 1. The lowest BCUT2D eigenvalue weighted by Crippen LogP contribution is -2.03. The van der Waals surface area contributed by atoms with Gasteiger partial charge in [0, 0.05) is 30.7 Å². The van der Waals surface area contributed by atoms with Crippen molar-refractivity contribution in [1.82, 2.24) is 4.57 Å². The maximum absolute atomic E-state index is 11.5. The highest BCUT2D eigenvalue weighted by Gasteiger charge is 2.23. The highest BCUT2D eigenvalue weighted by molar-refractivity contribution is 6.04. The first-order valence-corrected chi connectivity index (χ1v) is 9.60. The van der Waals surface area contributed by atoms with Gasteiger partial charge >= 0.3 is 5.97 Å². The van der Waals surface area contributed by atoms with Gasteiger partial charge < -0.3 is 23.9 Å². The number of nitrogens with zero attached hydrogens (tertiary/aromatic N) is 1. The van der Waals surface area contributed by atoms with E-state index in [0.717, 1.165) is 33.3 Å². The van der Waals surface area contributed by atoms with Gasteiger partial charge in [0.15, 0.2) is 18.3 Å². The van der Waals surface area contributed by atoms with Crippen LogP contribution < -0.4 is 9.47 Å². The molecule has 1 heterocycles. The highest BCUT2D eigenvalue weighted by Crippen LogP contribution is 2.45. The summed E-state index contributed by atoms with van der Waals surface area (Å²) in [7, 11) is 5.11. The molecule has 0 aliphatic carbocycles. The van der Waals surface area contributed by atoms with Gasteiger partial charge in [-0.15, -0.1) is 0 Å². The van der Waals surface area contributed by atoms with Crippen LogP contribution in [0.25, 0.3) is 28.2 Å². The predicted molar refractivity (Wildman–Crippen MR) is 118 cm³/mol. The topological polar surface area (TPSA) is 69.9 Å². The second-order valence-corrected chi connectivity index (χ2v) is 7.30. The van der Waals surface area contributed by atoms with E-state index in [1.54, 1.807) is 33.3 Å². The fourth-order valence-corrected chi connectivity index (χ4v) is 3.78. The molecule has 0 aliphatic rings. The lowest BCUT2D eigenvalue weighted by Gasteiger charge is -2.14. The van der Waals surface area contributed by atoms with Gasteiger partial charge in [-0.1, -0.05) is 29.8 Å². The van der Waals surface area contributed by atoms with E-state index in [1.807, 2.05) is 14.0 Å². The Morgan fingerprint density at radius 1 is 1.17 bits per heavy atom. The van der Waals surface area contributed by atoms with Gasteiger partial charge in [-0.05, 0) is 44.0 Å². The average Bonchev–Trinajstić information content (AvgIpc) is 2.98. The van der Waals surface area contributed by atoms with Crippen LogP contribution in [0.15, 0.2) is 35.9 Å². The summed E-state index contributed by atoms with van der Waals surface area (Å²) in [6, 6.07) is 10.1. The van der Waals surface area contributed by atoms with Crippen LogP contribution in [0.3, 0.4) is 0 Å². The fraction of sp³-hybridized carbons (Fsp3) is 0.292. The van der Waals surface area contributed by atoms with E-state index < -0.39 is 5.97 Å². The molecular weight excluding hydrogens is 382 g/mol. The minimum Gasteiger partial charge on any atom is -0.493 e. The fourth-order valence-electron chi connectivity index (χ4n) is 3.78. The van der Waals surface area contributed by atoms with Crippen LogP contribution in [-0.4, -0.2) is 36.7 Å². The largest absolute Gasteiger partial charge is 0.493 e. The standard InChI is InChI=1S/C24H27NO5/c1-14-7-9-17(10-8-14)21-16(3)20-22(25(21)4)18(11-15(2)24(26)27)12-19(29-6)23(20)30-13-28-5/h7-12H,13H2,1-6H3,(H,26,27)/b15-11+. The van der Waals surface area contributed by atoms with E-state index in [-0.39, 0.29) is 12.4 Å². The number of hydrogen-bond acceptors (Lipinski definition) is 4. The van der Waals surface area contributed by atoms with E-state index in [2.05, 4.69) is 35.8 Å². The van der Waals surface area contributed by atoms with Crippen molar-refractivity contribution < 1.29 is 24.1 Å². The predicted octanol–water partition coefficient (Wildman–Crippen LogP) is 4.94. The number of benzene rings is 2. The molecular formula is C24H27NO5. The Labute approximate surface area is 176 Å². The summed E-state index contributed by atoms with van der Waals surface area (Å²) < 4.78 is 18.7. The number of rotatable bonds is 7. The van der Waals surface area contributed by atoms with Crippen LogP contribution in [0.2, 0.25) is 0 Å². The second kappa shape index (κ2) is 8.63. The molecule has 1 N–H and O–H groups in total. The number of carboxylic acid groups (broad SMARTS) is 1. The van der Waals surface area contributed by atoms with Gasteiger partial charge in [-0.2, -0.15) is 0 Å². The highest BCUT2D eigenvalue weighted by atomic mass is 16.7. The van der Waals surface area contributed by atoms with E-state index in [4.69, 9.17) is 14.2 Å². The number of carbonyl (C=O) groups is 1. The molecule has 158 valence electrons. The van der Waals surface area contributed by atoms with Crippen molar-refractivity contribution in [2.24, 2.45) is 7.05 Å². The van der Waals surface area contributed by atoms with Crippen LogP contribution in [-0.2, 0) is 16.6 Å². The van der Waals surface area contributed by atoms with Gasteiger partial charge in [0.05, 0.1) is 18.3 Å². The molecule has 30 heavy (non-hydrogen) atoms. The SMILES string of the molecule is COCOc1c(OC)cc(/C=C(\C)C(=O)O)c2c1c(C)c(-c1ccc(C)cc1)n2C. The van der Waals surface area contributed by atoms with E-state index in [1.165, 1.54) is 5.56 Å². The van der Waals surface area contributed by atoms with Gasteiger partial charge in [0.1, 0.15) is 0 Å². The van der Waals surface area contributed by atoms with Crippen LogP contribution in [0.1, 0.15) is 23.6 Å². The minimum atomic E-state index is -0.966. The van der Waals surface area contributed by atoms with Gasteiger partial charge in [0.2, 0.25) is 0 Å². The normalized spacial score (nSPS) is 11.7. The van der Waals surface area contributed by atoms with Crippen molar-refractivity contribution in [3.63, 3.8) is 0 Å². The molecule has 2 aromatic carbocycles. The van der Waals surface area contributed by atoms with Gasteiger partial charge in [-0.25, -0.2) is 4.79 Å². The molecule has 0 aliphatic heterocycles. The Morgan fingerprint density at radius 2 is 1.83 bits per heavy atom. The summed E-state index contributed by atoms with van der Waals surface area (Å²) in [4.78, 5) is 11.5. The Hall–Kier alpha value is -3.25. The molecule has 0 saturated carbocycles. The van der Waals surface area contributed by atoms with Gasteiger partial charge in [0.25, 0.3) is 0 Å². The molecule has 6 heteroatoms. The molecule has 0 unspecified atom stereocenters. The molecule has 3 rings (SSSR count). The first-order chi connectivity index (χ1) is 14.3. The number of methoxy groups -OCH3 is 2. The van der Waals surface area contributed by atoms with Crippen molar-refractivity contribution in [3.05, 3.63) is 52.6 Å². The zero-order valence-corrected chi connectivity index (χ0v) is 18.2. The maximum Gasteiger partial charge on any atom is 0.331 e. The van der Waals surface area contributed by atoms with E-state index in [0.29, 0.717) is 11.5 Å². The number of aromatic nitrogens is 1. The molecule has 0 saturated heterocycles. The molecule has 3 aromatic rings. The molecule has 0 bridgehead atoms.